The Bertz CT molecular complexity index is 670. The third kappa shape index (κ3) is 1.69. The summed E-state index contributed by atoms with van der Waals surface area (Å²) in [5.74, 6) is 0.163. The molecule has 1 atom stereocenters. The highest BCUT2D eigenvalue weighted by Crippen LogP contribution is 2.35. The lowest BCUT2D eigenvalue weighted by Crippen LogP contribution is -2.36. The van der Waals surface area contributed by atoms with Crippen LogP contribution in [0.3, 0.4) is 0 Å². The van der Waals surface area contributed by atoms with Crippen molar-refractivity contribution in [3.05, 3.63) is 48.2 Å². The molecule has 2 aromatic rings. The highest BCUT2D eigenvalue weighted by Gasteiger charge is 2.35. The van der Waals surface area contributed by atoms with Crippen molar-refractivity contribution in [1.82, 2.24) is 9.88 Å². The predicted octanol–water partition coefficient (Wildman–Crippen LogP) is 2.63. The lowest BCUT2D eigenvalue weighted by atomic mass is 9.84. The molecule has 3 rings (SSSR count). The summed E-state index contributed by atoms with van der Waals surface area (Å²) in [6.45, 7) is 6.76. The van der Waals surface area contributed by atoms with Gasteiger partial charge >= 0.3 is 0 Å². The van der Waals surface area contributed by atoms with E-state index in [2.05, 4.69) is 30.6 Å². The second kappa shape index (κ2) is 3.98. The van der Waals surface area contributed by atoms with Gasteiger partial charge in [0.05, 0.1) is 6.42 Å². The van der Waals surface area contributed by atoms with E-state index in [1.165, 1.54) is 0 Å². The van der Waals surface area contributed by atoms with Gasteiger partial charge in [0.2, 0.25) is 5.91 Å². The van der Waals surface area contributed by atoms with Crippen LogP contribution in [0.2, 0.25) is 0 Å². The zero-order valence-corrected chi connectivity index (χ0v) is 11.4. The molecule has 1 amide bonds. The van der Waals surface area contributed by atoms with Crippen LogP contribution in [0, 0.1) is 0 Å². The monoisotopic (exact) mass is 254 g/mol. The zero-order chi connectivity index (χ0) is 13.6. The van der Waals surface area contributed by atoms with Crippen molar-refractivity contribution in [3.63, 3.8) is 0 Å². The highest BCUT2D eigenvalue weighted by molar-refractivity contribution is 5.91. The smallest absolute Gasteiger partial charge is 0.226 e. The number of nitrogens with one attached hydrogen (secondary N) is 1. The fraction of sp³-hybridized carbons (Fsp3) is 0.312. The van der Waals surface area contributed by atoms with Gasteiger partial charge in [0.15, 0.2) is 0 Å². The molecule has 19 heavy (non-hydrogen) atoms. The van der Waals surface area contributed by atoms with E-state index in [0.29, 0.717) is 13.0 Å². The van der Waals surface area contributed by atoms with Crippen LogP contribution in [0.4, 0.5) is 0 Å². The van der Waals surface area contributed by atoms with Crippen molar-refractivity contribution in [2.24, 2.45) is 0 Å². The molecule has 0 saturated carbocycles. The number of benzene rings is 1. The maximum absolute atomic E-state index is 12.2. The van der Waals surface area contributed by atoms with Crippen LogP contribution in [-0.4, -0.2) is 29.4 Å². The summed E-state index contributed by atoms with van der Waals surface area (Å²) in [6.07, 6.45) is 2.40. The van der Waals surface area contributed by atoms with Gasteiger partial charge in [-0.2, -0.15) is 0 Å². The van der Waals surface area contributed by atoms with Crippen molar-refractivity contribution in [3.8, 4) is 0 Å². The first kappa shape index (κ1) is 12.0. The van der Waals surface area contributed by atoms with Gasteiger partial charge in [-0.3, -0.25) is 4.79 Å². The zero-order valence-electron chi connectivity index (χ0n) is 11.4. The van der Waals surface area contributed by atoms with Gasteiger partial charge < -0.3 is 9.88 Å². The van der Waals surface area contributed by atoms with Crippen molar-refractivity contribution >= 4 is 16.8 Å². The summed E-state index contributed by atoms with van der Waals surface area (Å²) in [5.41, 5.74) is 3.11. The number of rotatable bonds is 1. The van der Waals surface area contributed by atoms with Crippen molar-refractivity contribution in [1.29, 1.82) is 0 Å². The molecule has 0 fully saturated rings. The Balaban J connectivity index is 2.31. The summed E-state index contributed by atoms with van der Waals surface area (Å²) in [4.78, 5) is 17.5. The van der Waals surface area contributed by atoms with E-state index in [9.17, 15) is 4.79 Å². The first-order valence-electron chi connectivity index (χ1n) is 6.53. The van der Waals surface area contributed by atoms with Gasteiger partial charge in [-0.05, 0) is 18.6 Å². The quantitative estimate of drug-likeness (QED) is 0.780. The summed E-state index contributed by atoms with van der Waals surface area (Å²) in [6, 6.07) is 8.16. The minimum absolute atomic E-state index is 0.163. The molecule has 0 aliphatic carbocycles. The molecule has 0 bridgehead atoms. The number of hydrogen-bond donors (Lipinski definition) is 1. The van der Waals surface area contributed by atoms with Gasteiger partial charge in [0.25, 0.3) is 0 Å². The van der Waals surface area contributed by atoms with Crippen molar-refractivity contribution in [2.75, 3.05) is 13.6 Å². The number of carbonyl (C=O) groups is 1. The van der Waals surface area contributed by atoms with Gasteiger partial charge in [0, 0.05) is 35.6 Å². The number of carbonyl (C=O) groups excluding carboxylic acids is 1. The van der Waals surface area contributed by atoms with Gasteiger partial charge in [-0.1, -0.05) is 24.3 Å². The number of para-hydroxylation sites is 1. The Morgan fingerprint density at radius 3 is 2.89 bits per heavy atom. The largest absolute Gasteiger partial charge is 0.357 e. The number of amides is 1. The molecule has 0 saturated heterocycles. The minimum atomic E-state index is -0.227. The number of aromatic amines is 1. The molecule has 1 N–H and O–H groups in total. The average Bonchev–Trinajstić information content (AvgIpc) is 2.74. The number of H-pyrrole nitrogens is 1. The second-order valence-electron chi connectivity index (χ2n) is 5.57. The molecule has 1 unspecified atom stereocenters. The van der Waals surface area contributed by atoms with E-state index >= 15 is 0 Å². The topological polar surface area (TPSA) is 36.1 Å². The fourth-order valence-electron chi connectivity index (χ4n) is 2.98. The molecule has 3 nitrogen and oxygen atoms in total. The Kier molecular flexibility index (Phi) is 2.52. The van der Waals surface area contributed by atoms with Crippen molar-refractivity contribution in [2.45, 2.75) is 18.8 Å². The maximum atomic E-state index is 12.2. The summed E-state index contributed by atoms with van der Waals surface area (Å²) in [7, 11) is 1.86. The normalized spacial score (nSPS) is 23.3. The number of hydrogen-bond acceptors (Lipinski definition) is 1. The highest BCUT2D eigenvalue weighted by atomic mass is 16.2. The predicted molar refractivity (Wildman–Crippen MR) is 77.2 cm³/mol. The van der Waals surface area contributed by atoms with E-state index in [1.807, 2.05) is 25.3 Å². The molecule has 3 heteroatoms. The fourth-order valence-corrected chi connectivity index (χ4v) is 2.98. The number of nitrogens with zero attached hydrogens (tertiary/aromatic N) is 1. The van der Waals surface area contributed by atoms with E-state index in [-0.39, 0.29) is 11.3 Å². The van der Waals surface area contributed by atoms with Crippen LogP contribution in [0.5, 0.6) is 0 Å². The van der Waals surface area contributed by atoms with Crippen LogP contribution in [0.1, 0.15) is 18.2 Å². The molecule has 98 valence electrons. The Labute approximate surface area is 112 Å². The number of aromatic nitrogens is 1. The summed E-state index contributed by atoms with van der Waals surface area (Å²) < 4.78 is 0. The average molecular weight is 254 g/mol. The first-order valence-corrected chi connectivity index (χ1v) is 6.53. The van der Waals surface area contributed by atoms with Crippen LogP contribution >= 0.6 is 0 Å². The van der Waals surface area contributed by atoms with E-state index in [4.69, 9.17) is 0 Å². The van der Waals surface area contributed by atoms with Crippen LogP contribution in [-0.2, 0) is 16.6 Å². The molecule has 1 aromatic heterocycles. The number of fused-ring (bicyclic) bond motifs is 3. The Morgan fingerprint density at radius 2 is 2.16 bits per heavy atom. The lowest BCUT2D eigenvalue weighted by Gasteiger charge is -2.28. The third-order valence-corrected chi connectivity index (χ3v) is 4.15. The van der Waals surface area contributed by atoms with Crippen molar-refractivity contribution < 1.29 is 4.79 Å². The standard InChI is InChI=1S/C16H18N2O/c1-4-16(2)10-18(3)14(19)9-12-11-7-5-6-8-13(11)17-15(12)16/h4-8,17H,1,9-10H2,2-3H3. The van der Waals surface area contributed by atoms with Gasteiger partial charge in [0.1, 0.15) is 0 Å². The molecule has 2 heterocycles. The van der Waals surface area contributed by atoms with E-state index in [1.54, 1.807) is 4.90 Å². The SMILES string of the molecule is C=CC1(C)CN(C)C(=O)Cc2c1[nH]c1ccccc21. The van der Waals surface area contributed by atoms with Gasteiger partial charge in [-0.25, -0.2) is 0 Å². The van der Waals surface area contributed by atoms with Crippen LogP contribution < -0.4 is 0 Å². The number of likely N-dealkylation sites (N-methyl/N-ethyl adjacent to an activating group) is 1. The van der Waals surface area contributed by atoms with Gasteiger partial charge in [-0.15, -0.1) is 6.58 Å². The molecule has 1 aliphatic rings. The Morgan fingerprint density at radius 1 is 1.42 bits per heavy atom. The summed E-state index contributed by atoms with van der Waals surface area (Å²) >= 11 is 0. The minimum Gasteiger partial charge on any atom is -0.357 e. The van der Waals surface area contributed by atoms with E-state index in [0.717, 1.165) is 22.2 Å². The third-order valence-electron chi connectivity index (χ3n) is 4.15. The molecular formula is C16H18N2O. The molecular weight excluding hydrogens is 236 g/mol. The Hall–Kier alpha value is -2.03. The lowest BCUT2D eigenvalue weighted by molar-refractivity contribution is -0.129. The summed E-state index contributed by atoms with van der Waals surface area (Å²) in [5, 5.41) is 1.15. The maximum Gasteiger partial charge on any atom is 0.226 e. The molecule has 0 spiro atoms. The molecule has 1 aromatic carbocycles. The van der Waals surface area contributed by atoms with Crippen LogP contribution in [0.25, 0.3) is 10.9 Å². The molecule has 1 aliphatic heterocycles. The first-order chi connectivity index (χ1) is 9.05. The van der Waals surface area contributed by atoms with E-state index < -0.39 is 0 Å². The molecule has 0 radical (unpaired) electrons. The van der Waals surface area contributed by atoms with Crippen LogP contribution in [0.15, 0.2) is 36.9 Å². The second-order valence-corrected chi connectivity index (χ2v) is 5.57.